The molecule has 0 spiro atoms. The van der Waals surface area contributed by atoms with Crippen LogP contribution >= 0.6 is 0 Å². The number of fused-ring (bicyclic) bond motifs is 1. The number of likely N-dealkylation sites (tertiary alicyclic amines) is 1. The first-order chi connectivity index (χ1) is 12.2. The number of imidazole rings is 1. The van der Waals surface area contributed by atoms with E-state index in [1.807, 2.05) is 20.8 Å². The molecule has 142 valence electrons. The summed E-state index contributed by atoms with van der Waals surface area (Å²) in [5.74, 6) is 0.0252. The molecule has 0 bridgehead atoms. The first-order valence-electron chi connectivity index (χ1n) is 8.57. The molecular formula is C16H23N5O5. The highest BCUT2D eigenvalue weighted by molar-refractivity contribution is 5.69. The summed E-state index contributed by atoms with van der Waals surface area (Å²) < 4.78 is 12.8. The minimum Gasteiger partial charge on any atom is -0.444 e. The zero-order valence-corrected chi connectivity index (χ0v) is 15.1. The maximum Gasteiger partial charge on any atom is 0.414 e. The summed E-state index contributed by atoms with van der Waals surface area (Å²) in [7, 11) is 0. The van der Waals surface area contributed by atoms with Crippen molar-refractivity contribution in [3.63, 3.8) is 0 Å². The van der Waals surface area contributed by atoms with Crippen molar-refractivity contribution in [2.75, 3.05) is 19.6 Å². The number of carbonyl (C=O) groups excluding carboxylic acids is 1. The third kappa shape index (κ3) is 4.30. The van der Waals surface area contributed by atoms with Crippen LogP contribution in [0.2, 0.25) is 0 Å². The maximum atomic E-state index is 12.0. The molecule has 0 radical (unpaired) electrons. The van der Waals surface area contributed by atoms with Crippen LogP contribution in [0.1, 0.15) is 27.2 Å². The first kappa shape index (κ1) is 18.2. The normalized spacial score (nSPS) is 20.4. The van der Waals surface area contributed by atoms with Crippen LogP contribution in [0.5, 0.6) is 6.01 Å². The van der Waals surface area contributed by atoms with Crippen molar-refractivity contribution >= 4 is 18.1 Å². The molecule has 2 aliphatic rings. The number of amides is 1. The molecule has 3 rings (SSSR count). The molecule has 2 aliphatic heterocycles. The van der Waals surface area contributed by atoms with Crippen LogP contribution in [0.15, 0.2) is 11.2 Å². The van der Waals surface area contributed by atoms with Gasteiger partial charge in [-0.3, -0.25) is 9.56 Å². The lowest BCUT2D eigenvalue weighted by Gasteiger charge is -2.40. The second-order valence-electron chi connectivity index (χ2n) is 7.53. The van der Waals surface area contributed by atoms with Crippen LogP contribution in [0.4, 0.5) is 10.6 Å². The highest BCUT2D eigenvalue weighted by Gasteiger charge is 2.36. The van der Waals surface area contributed by atoms with Crippen LogP contribution < -0.4 is 4.74 Å². The Hall–Kier alpha value is -2.65. The number of nitrogens with zero attached hydrogens (tertiary/aromatic N) is 5. The molecule has 10 heteroatoms. The summed E-state index contributed by atoms with van der Waals surface area (Å²) >= 11 is 0. The molecule has 26 heavy (non-hydrogen) atoms. The Labute approximate surface area is 150 Å². The van der Waals surface area contributed by atoms with Gasteiger partial charge in [0.05, 0.1) is 6.54 Å². The van der Waals surface area contributed by atoms with E-state index < -0.39 is 10.5 Å². The Morgan fingerprint density at radius 1 is 1.46 bits per heavy atom. The van der Waals surface area contributed by atoms with Crippen LogP contribution in [-0.2, 0) is 11.3 Å². The minimum atomic E-state index is -0.540. The highest BCUT2D eigenvalue weighted by atomic mass is 16.6. The lowest BCUT2D eigenvalue weighted by molar-refractivity contribution is -0.389. The molecule has 1 aromatic rings. The van der Waals surface area contributed by atoms with Gasteiger partial charge in [-0.2, -0.15) is 0 Å². The number of ether oxygens (including phenoxy) is 2. The van der Waals surface area contributed by atoms with E-state index in [1.165, 1.54) is 6.20 Å². The number of nitro groups is 1. The second kappa shape index (κ2) is 6.93. The molecule has 10 nitrogen and oxygen atoms in total. The number of hydrogen-bond acceptors (Lipinski definition) is 7. The molecule has 1 fully saturated rings. The van der Waals surface area contributed by atoms with Crippen LogP contribution in [0.3, 0.4) is 0 Å². The van der Waals surface area contributed by atoms with Crippen molar-refractivity contribution in [1.82, 2.24) is 14.5 Å². The molecule has 0 aromatic carbocycles. The summed E-state index contributed by atoms with van der Waals surface area (Å²) in [6.07, 6.45) is 3.10. The number of rotatable bonds is 3. The molecule has 1 aromatic heterocycles. The molecule has 0 aliphatic carbocycles. The van der Waals surface area contributed by atoms with Crippen molar-refractivity contribution in [3.05, 3.63) is 16.3 Å². The Morgan fingerprint density at radius 3 is 2.85 bits per heavy atom. The quantitative estimate of drug-likeness (QED) is 0.597. The number of aliphatic imine (C=N–C) groups is 1. The standard InChI is InChI=1S/C16H23N5O5/c1-16(2,3)26-15(22)20-8-11(9-20)6-12-7-17-4-5-19-10-13(21(23)24)18-14(19)25-12/h7,10-12H,4-6,8-9H2,1-3H3. The summed E-state index contributed by atoms with van der Waals surface area (Å²) in [6.45, 7) is 7.69. The van der Waals surface area contributed by atoms with Crippen molar-refractivity contribution in [3.8, 4) is 6.01 Å². The molecule has 1 amide bonds. The Bertz CT molecular complexity index is 717. The third-order valence-electron chi connectivity index (χ3n) is 4.09. The number of carbonyl (C=O) groups is 1. The van der Waals surface area contributed by atoms with Gasteiger partial charge in [-0.25, -0.2) is 4.79 Å². The summed E-state index contributed by atoms with van der Waals surface area (Å²) in [4.78, 5) is 32.2. The van der Waals surface area contributed by atoms with E-state index in [4.69, 9.17) is 9.47 Å². The average molecular weight is 365 g/mol. The predicted molar refractivity (Wildman–Crippen MR) is 92.6 cm³/mol. The van der Waals surface area contributed by atoms with Gasteiger partial charge in [0.2, 0.25) is 0 Å². The van der Waals surface area contributed by atoms with E-state index in [0.717, 1.165) is 0 Å². The molecule has 0 N–H and O–H groups in total. The van der Waals surface area contributed by atoms with Gasteiger partial charge in [0.15, 0.2) is 0 Å². The van der Waals surface area contributed by atoms with Crippen molar-refractivity contribution < 1.29 is 19.2 Å². The lowest BCUT2D eigenvalue weighted by Crippen LogP contribution is -2.52. The molecule has 1 unspecified atom stereocenters. The van der Waals surface area contributed by atoms with Crippen LogP contribution in [-0.4, -0.2) is 63.0 Å². The molecule has 0 saturated carbocycles. The van der Waals surface area contributed by atoms with Gasteiger partial charge in [0.25, 0.3) is 0 Å². The van der Waals surface area contributed by atoms with Crippen LogP contribution in [0, 0.1) is 16.0 Å². The number of hydrogen-bond donors (Lipinski definition) is 0. The van der Waals surface area contributed by atoms with E-state index in [0.29, 0.717) is 32.6 Å². The largest absolute Gasteiger partial charge is 0.444 e. The zero-order chi connectivity index (χ0) is 18.9. The van der Waals surface area contributed by atoms with E-state index in [9.17, 15) is 14.9 Å². The van der Waals surface area contributed by atoms with Gasteiger partial charge in [-0.1, -0.05) is 0 Å². The van der Waals surface area contributed by atoms with Gasteiger partial charge < -0.3 is 24.5 Å². The topological polar surface area (TPSA) is 112 Å². The van der Waals surface area contributed by atoms with Crippen molar-refractivity contribution in [1.29, 1.82) is 0 Å². The lowest BCUT2D eigenvalue weighted by atomic mass is 9.94. The van der Waals surface area contributed by atoms with Gasteiger partial charge in [0.1, 0.15) is 17.9 Å². The average Bonchev–Trinajstić information content (AvgIpc) is 2.84. The van der Waals surface area contributed by atoms with Gasteiger partial charge in [0, 0.05) is 30.8 Å². The van der Waals surface area contributed by atoms with E-state index in [2.05, 4.69) is 9.98 Å². The van der Waals surface area contributed by atoms with Crippen LogP contribution in [0.25, 0.3) is 0 Å². The molecule has 1 saturated heterocycles. The summed E-state index contributed by atoms with van der Waals surface area (Å²) in [5.41, 5.74) is -0.511. The molecule has 1 atom stereocenters. The van der Waals surface area contributed by atoms with Crippen molar-refractivity contribution in [2.45, 2.75) is 45.4 Å². The molecular weight excluding hydrogens is 342 g/mol. The summed E-state index contributed by atoms with van der Waals surface area (Å²) in [6, 6.07) is 0.233. The Balaban J connectivity index is 1.56. The van der Waals surface area contributed by atoms with Crippen molar-refractivity contribution in [2.24, 2.45) is 10.9 Å². The Morgan fingerprint density at radius 2 is 2.19 bits per heavy atom. The van der Waals surface area contributed by atoms with Gasteiger partial charge in [-0.15, -0.1) is 0 Å². The fraction of sp³-hybridized carbons (Fsp3) is 0.688. The first-order valence-corrected chi connectivity index (χ1v) is 8.57. The van der Waals surface area contributed by atoms with E-state index in [-0.39, 0.29) is 29.9 Å². The number of aromatic nitrogens is 2. The monoisotopic (exact) mass is 365 g/mol. The molecule has 3 heterocycles. The highest BCUT2D eigenvalue weighted by Crippen LogP contribution is 2.26. The zero-order valence-electron chi connectivity index (χ0n) is 15.1. The second-order valence-corrected chi connectivity index (χ2v) is 7.53. The Kier molecular flexibility index (Phi) is 4.84. The maximum absolute atomic E-state index is 12.0. The third-order valence-corrected chi connectivity index (χ3v) is 4.09. The predicted octanol–water partition coefficient (Wildman–Crippen LogP) is 1.88. The minimum absolute atomic E-state index is 0.233. The van der Waals surface area contributed by atoms with Gasteiger partial charge in [-0.05, 0) is 38.0 Å². The fourth-order valence-corrected chi connectivity index (χ4v) is 2.88. The van der Waals surface area contributed by atoms with E-state index in [1.54, 1.807) is 15.7 Å². The van der Waals surface area contributed by atoms with Gasteiger partial charge >= 0.3 is 17.9 Å². The van der Waals surface area contributed by atoms with E-state index >= 15 is 0 Å². The summed E-state index contributed by atoms with van der Waals surface area (Å²) in [5, 5.41) is 10.9. The smallest absolute Gasteiger partial charge is 0.414 e. The SMILES string of the molecule is CC(C)(C)OC(=O)N1CC(CC2C=NCCn3cc([N+](=O)[O-])nc3O2)C1. The fourth-order valence-electron chi connectivity index (χ4n) is 2.88.